The zero-order valence-electron chi connectivity index (χ0n) is 16.3. The maximum Gasteiger partial charge on any atom is 0.407 e. The molecule has 1 aliphatic carbocycles. The van der Waals surface area contributed by atoms with E-state index in [-0.39, 0.29) is 23.5 Å². The zero-order valence-corrected chi connectivity index (χ0v) is 17.1. The molecule has 6 nitrogen and oxygen atoms in total. The summed E-state index contributed by atoms with van der Waals surface area (Å²) in [7, 11) is 0. The summed E-state index contributed by atoms with van der Waals surface area (Å²) in [6.45, 7) is 7.62. The van der Waals surface area contributed by atoms with E-state index in [1.54, 1.807) is 0 Å². The average Bonchev–Trinajstić information content (AvgIpc) is 2.55. The van der Waals surface area contributed by atoms with Crippen molar-refractivity contribution in [1.82, 2.24) is 15.3 Å². The van der Waals surface area contributed by atoms with E-state index in [1.165, 1.54) is 0 Å². The number of hydrogen-bond donors (Lipinski definition) is 2. The molecule has 27 heavy (non-hydrogen) atoms. The van der Waals surface area contributed by atoms with Crippen LogP contribution in [0, 0.1) is 6.92 Å². The lowest BCUT2D eigenvalue weighted by Gasteiger charge is -2.34. The lowest BCUT2D eigenvalue weighted by Crippen LogP contribution is -2.49. The third kappa shape index (κ3) is 5.22. The van der Waals surface area contributed by atoms with Crippen LogP contribution in [0.3, 0.4) is 0 Å². The van der Waals surface area contributed by atoms with Gasteiger partial charge in [-0.05, 0) is 64.3 Å². The quantitative estimate of drug-likeness (QED) is 0.733. The first kappa shape index (κ1) is 19.7. The van der Waals surface area contributed by atoms with Crippen molar-refractivity contribution >= 4 is 34.4 Å². The highest BCUT2D eigenvalue weighted by atomic mass is 35.5. The Morgan fingerprint density at radius 1 is 1.19 bits per heavy atom. The molecule has 0 spiro atoms. The number of anilines is 1. The largest absolute Gasteiger partial charge is 0.444 e. The molecule has 146 valence electrons. The van der Waals surface area contributed by atoms with Crippen LogP contribution < -0.4 is 10.6 Å². The molecule has 0 saturated heterocycles. The second-order valence-electron chi connectivity index (χ2n) is 8.15. The number of carbonyl (C=O) groups excluding carboxylic acids is 1. The molecular weight excluding hydrogens is 364 g/mol. The number of alkyl carbamates (subject to hydrolysis) is 1. The number of benzene rings is 1. The molecule has 2 N–H and O–H groups in total. The Bertz CT molecular complexity index is 835. The van der Waals surface area contributed by atoms with Crippen LogP contribution in [0.1, 0.15) is 52.0 Å². The minimum Gasteiger partial charge on any atom is -0.444 e. The molecule has 0 bridgehead atoms. The van der Waals surface area contributed by atoms with Crippen molar-refractivity contribution in [2.45, 2.75) is 71.1 Å². The van der Waals surface area contributed by atoms with Crippen LogP contribution in [-0.2, 0) is 4.74 Å². The second kappa shape index (κ2) is 7.89. The SMILES string of the molecule is Cc1ccc2nc(Cl)nc(N[C@H]3CCCC[C@H]3NC(=O)OC(C)(C)C)c2c1. The Morgan fingerprint density at radius 3 is 2.59 bits per heavy atom. The number of amides is 1. The molecule has 3 rings (SSSR count). The van der Waals surface area contributed by atoms with Gasteiger partial charge in [0.25, 0.3) is 0 Å². The number of aromatic nitrogens is 2. The Hall–Kier alpha value is -2.08. The molecule has 1 aliphatic rings. The van der Waals surface area contributed by atoms with Crippen LogP contribution in [0.25, 0.3) is 10.9 Å². The van der Waals surface area contributed by atoms with Gasteiger partial charge in [-0.2, -0.15) is 0 Å². The van der Waals surface area contributed by atoms with E-state index in [0.717, 1.165) is 42.1 Å². The molecule has 1 aromatic heterocycles. The van der Waals surface area contributed by atoms with Gasteiger partial charge in [0, 0.05) is 11.4 Å². The molecule has 2 atom stereocenters. The number of fused-ring (bicyclic) bond motifs is 1. The topological polar surface area (TPSA) is 76.1 Å². The van der Waals surface area contributed by atoms with E-state index in [1.807, 2.05) is 45.9 Å². The van der Waals surface area contributed by atoms with Crippen LogP contribution in [-0.4, -0.2) is 33.7 Å². The predicted octanol–water partition coefficient (Wildman–Crippen LogP) is 4.84. The van der Waals surface area contributed by atoms with E-state index < -0.39 is 5.60 Å². The first-order valence-electron chi connectivity index (χ1n) is 9.41. The second-order valence-corrected chi connectivity index (χ2v) is 8.49. The fourth-order valence-electron chi connectivity index (χ4n) is 3.43. The van der Waals surface area contributed by atoms with Gasteiger partial charge in [-0.15, -0.1) is 0 Å². The Kier molecular flexibility index (Phi) is 5.75. The highest BCUT2D eigenvalue weighted by Crippen LogP contribution is 2.27. The van der Waals surface area contributed by atoms with Gasteiger partial charge in [-0.3, -0.25) is 0 Å². The van der Waals surface area contributed by atoms with Crippen LogP contribution in [0.2, 0.25) is 5.28 Å². The van der Waals surface area contributed by atoms with Gasteiger partial charge in [0.1, 0.15) is 11.4 Å². The van der Waals surface area contributed by atoms with E-state index in [2.05, 4.69) is 20.6 Å². The first-order valence-corrected chi connectivity index (χ1v) is 9.79. The molecule has 2 aromatic rings. The van der Waals surface area contributed by atoms with Crippen LogP contribution in [0.15, 0.2) is 18.2 Å². The predicted molar refractivity (Wildman–Crippen MR) is 108 cm³/mol. The maximum atomic E-state index is 12.2. The Balaban J connectivity index is 1.81. The summed E-state index contributed by atoms with van der Waals surface area (Å²) < 4.78 is 5.42. The molecule has 1 saturated carbocycles. The molecule has 7 heteroatoms. The number of rotatable bonds is 3. The Morgan fingerprint density at radius 2 is 1.89 bits per heavy atom. The summed E-state index contributed by atoms with van der Waals surface area (Å²) in [6.07, 6.45) is 3.62. The number of ether oxygens (including phenoxy) is 1. The van der Waals surface area contributed by atoms with Gasteiger partial charge in [-0.1, -0.05) is 24.5 Å². The Labute approximate surface area is 165 Å². The van der Waals surface area contributed by atoms with Crippen molar-refractivity contribution < 1.29 is 9.53 Å². The van der Waals surface area contributed by atoms with Crippen molar-refractivity contribution in [2.75, 3.05) is 5.32 Å². The number of nitrogens with one attached hydrogen (secondary N) is 2. The molecule has 1 amide bonds. The molecule has 1 fully saturated rings. The van der Waals surface area contributed by atoms with E-state index in [0.29, 0.717) is 5.82 Å². The standard InChI is InChI=1S/C20H27ClN4O2/c1-12-9-10-14-13(11-12)17(25-18(21)23-14)22-15-7-5-6-8-16(15)24-19(26)27-20(2,3)4/h9-11,15-16H,5-8H2,1-4H3,(H,24,26)(H,22,23,25)/t15-,16+/m0/s1. The molecule has 0 radical (unpaired) electrons. The van der Waals surface area contributed by atoms with Crippen LogP contribution in [0.4, 0.5) is 10.6 Å². The van der Waals surface area contributed by atoms with Crippen molar-refractivity contribution in [2.24, 2.45) is 0 Å². The maximum absolute atomic E-state index is 12.2. The molecule has 0 unspecified atom stereocenters. The third-order valence-corrected chi connectivity index (χ3v) is 4.78. The fourth-order valence-corrected chi connectivity index (χ4v) is 3.61. The smallest absolute Gasteiger partial charge is 0.407 e. The zero-order chi connectivity index (χ0) is 19.6. The first-order chi connectivity index (χ1) is 12.7. The molecular formula is C20H27ClN4O2. The minimum absolute atomic E-state index is 0.0257. The number of nitrogens with zero attached hydrogens (tertiary/aromatic N) is 2. The van der Waals surface area contributed by atoms with Crippen molar-refractivity contribution in [3.63, 3.8) is 0 Å². The summed E-state index contributed by atoms with van der Waals surface area (Å²) in [6, 6.07) is 6.03. The summed E-state index contributed by atoms with van der Waals surface area (Å²) in [4.78, 5) is 20.9. The number of aryl methyl sites for hydroxylation is 1. The summed E-state index contributed by atoms with van der Waals surface area (Å²) in [5.41, 5.74) is 1.41. The third-order valence-electron chi connectivity index (χ3n) is 4.61. The highest BCUT2D eigenvalue weighted by Gasteiger charge is 2.29. The number of hydrogen-bond acceptors (Lipinski definition) is 5. The lowest BCUT2D eigenvalue weighted by atomic mass is 9.90. The van der Waals surface area contributed by atoms with Gasteiger partial charge in [-0.25, -0.2) is 14.8 Å². The summed E-state index contributed by atoms with van der Waals surface area (Å²) in [5, 5.41) is 7.67. The fraction of sp³-hybridized carbons (Fsp3) is 0.550. The van der Waals surface area contributed by atoms with Gasteiger partial charge in [0.15, 0.2) is 0 Å². The van der Waals surface area contributed by atoms with Gasteiger partial charge in [0.05, 0.1) is 11.6 Å². The highest BCUT2D eigenvalue weighted by molar-refractivity contribution is 6.28. The molecule has 0 aliphatic heterocycles. The van der Waals surface area contributed by atoms with Crippen LogP contribution in [0.5, 0.6) is 0 Å². The summed E-state index contributed by atoms with van der Waals surface area (Å²) >= 11 is 6.12. The summed E-state index contributed by atoms with van der Waals surface area (Å²) in [5.74, 6) is 0.705. The van der Waals surface area contributed by atoms with Gasteiger partial charge in [0.2, 0.25) is 5.28 Å². The van der Waals surface area contributed by atoms with Gasteiger partial charge >= 0.3 is 6.09 Å². The van der Waals surface area contributed by atoms with E-state index in [4.69, 9.17) is 16.3 Å². The molecule has 1 aromatic carbocycles. The van der Waals surface area contributed by atoms with Crippen LogP contribution >= 0.6 is 11.6 Å². The van der Waals surface area contributed by atoms with Gasteiger partial charge < -0.3 is 15.4 Å². The molecule has 1 heterocycles. The van der Waals surface area contributed by atoms with Crippen molar-refractivity contribution in [1.29, 1.82) is 0 Å². The number of halogens is 1. The van der Waals surface area contributed by atoms with E-state index >= 15 is 0 Å². The monoisotopic (exact) mass is 390 g/mol. The van der Waals surface area contributed by atoms with Crippen molar-refractivity contribution in [3.05, 3.63) is 29.0 Å². The van der Waals surface area contributed by atoms with Crippen molar-refractivity contribution in [3.8, 4) is 0 Å². The lowest BCUT2D eigenvalue weighted by molar-refractivity contribution is 0.0488. The minimum atomic E-state index is -0.518. The normalized spacial score (nSPS) is 20.3. The van der Waals surface area contributed by atoms with E-state index in [9.17, 15) is 4.79 Å². The number of carbonyl (C=O) groups is 1. The average molecular weight is 391 g/mol.